The number of anilines is 2. The Labute approximate surface area is 128 Å². The van der Waals surface area contributed by atoms with Crippen LogP contribution in [0.15, 0.2) is 18.5 Å². The standard InChI is InChI=1S/C16H28N4O/c1-14(2)4-11-21-12-10-19-6-8-20(9-7-19)16-3-5-18-13-15(16)17/h3,5,13-14H,4,6-12,17H2,1-2H3. The number of nitrogens with zero attached hydrogens (tertiary/aromatic N) is 3. The summed E-state index contributed by atoms with van der Waals surface area (Å²) in [6.07, 6.45) is 4.68. The van der Waals surface area contributed by atoms with Crippen LogP contribution in [0.3, 0.4) is 0 Å². The van der Waals surface area contributed by atoms with Crippen molar-refractivity contribution in [1.82, 2.24) is 9.88 Å². The number of hydrogen-bond acceptors (Lipinski definition) is 5. The lowest BCUT2D eigenvalue weighted by Gasteiger charge is -2.36. The minimum atomic E-state index is 0.722. The lowest BCUT2D eigenvalue weighted by molar-refractivity contribution is 0.0942. The molecule has 1 aliphatic heterocycles. The van der Waals surface area contributed by atoms with Gasteiger partial charge in [-0.25, -0.2) is 0 Å². The molecular weight excluding hydrogens is 264 g/mol. The topological polar surface area (TPSA) is 54.6 Å². The van der Waals surface area contributed by atoms with E-state index in [1.165, 1.54) is 0 Å². The normalized spacial score (nSPS) is 16.6. The summed E-state index contributed by atoms with van der Waals surface area (Å²) in [6, 6.07) is 2.00. The van der Waals surface area contributed by atoms with Crippen LogP contribution in [0.2, 0.25) is 0 Å². The van der Waals surface area contributed by atoms with E-state index in [9.17, 15) is 0 Å². The Hall–Kier alpha value is -1.33. The van der Waals surface area contributed by atoms with Crippen molar-refractivity contribution in [2.45, 2.75) is 20.3 Å². The maximum atomic E-state index is 5.99. The highest BCUT2D eigenvalue weighted by molar-refractivity contribution is 5.66. The van der Waals surface area contributed by atoms with Gasteiger partial charge in [-0.1, -0.05) is 13.8 Å². The SMILES string of the molecule is CC(C)CCOCCN1CCN(c2ccncc2N)CC1. The van der Waals surface area contributed by atoms with Gasteiger partial charge in [-0.3, -0.25) is 9.88 Å². The van der Waals surface area contributed by atoms with E-state index in [2.05, 4.69) is 28.6 Å². The maximum absolute atomic E-state index is 5.99. The molecule has 0 aromatic carbocycles. The van der Waals surface area contributed by atoms with Crippen LogP contribution in [0.1, 0.15) is 20.3 Å². The van der Waals surface area contributed by atoms with Crippen LogP contribution in [-0.2, 0) is 4.74 Å². The number of hydrogen-bond donors (Lipinski definition) is 1. The Morgan fingerprint density at radius 3 is 2.67 bits per heavy atom. The Kier molecular flexibility index (Phi) is 6.26. The van der Waals surface area contributed by atoms with Crippen molar-refractivity contribution in [3.63, 3.8) is 0 Å². The smallest absolute Gasteiger partial charge is 0.0738 e. The van der Waals surface area contributed by atoms with Crippen LogP contribution in [-0.4, -0.2) is 55.8 Å². The zero-order chi connectivity index (χ0) is 15.1. The Bertz CT molecular complexity index is 416. The number of nitrogen functional groups attached to an aromatic ring is 1. The monoisotopic (exact) mass is 292 g/mol. The third-order valence-electron chi connectivity index (χ3n) is 3.93. The molecule has 0 aliphatic carbocycles. The summed E-state index contributed by atoms with van der Waals surface area (Å²) in [5, 5.41) is 0. The highest BCUT2D eigenvalue weighted by Crippen LogP contribution is 2.22. The van der Waals surface area contributed by atoms with Gasteiger partial charge >= 0.3 is 0 Å². The number of nitrogens with two attached hydrogens (primary N) is 1. The molecule has 1 aromatic heterocycles. The molecule has 5 nitrogen and oxygen atoms in total. The van der Waals surface area contributed by atoms with Crippen molar-refractivity contribution >= 4 is 11.4 Å². The molecular formula is C16H28N4O. The summed E-state index contributed by atoms with van der Waals surface area (Å²) in [5.74, 6) is 0.722. The van der Waals surface area contributed by atoms with Gasteiger partial charge in [0.2, 0.25) is 0 Å². The largest absolute Gasteiger partial charge is 0.396 e. The molecule has 0 spiro atoms. The second-order valence-electron chi connectivity index (χ2n) is 6.06. The minimum absolute atomic E-state index is 0.722. The molecule has 2 N–H and O–H groups in total. The number of aromatic nitrogens is 1. The van der Waals surface area contributed by atoms with Crippen LogP contribution in [0.4, 0.5) is 11.4 Å². The first kappa shape index (κ1) is 16.0. The second-order valence-corrected chi connectivity index (χ2v) is 6.06. The van der Waals surface area contributed by atoms with E-state index < -0.39 is 0 Å². The molecule has 21 heavy (non-hydrogen) atoms. The van der Waals surface area contributed by atoms with Crippen molar-refractivity contribution in [2.75, 3.05) is 56.6 Å². The maximum Gasteiger partial charge on any atom is 0.0738 e. The van der Waals surface area contributed by atoms with Crippen LogP contribution < -0.4 is 10.6 Å². The van der Waals surface area contributed by atoms with E-state index in [4.69, 9.17) is 10.5 Å². The van der Waals surface area contributed by atoms with Crippen LogP contribution >= 0.6 is 0 Å². The van der Waals surface area contributed by atoms with Crippen LogP contribution in [0, 0.1) is 5.92 Å². The molecule has 5 heteroatoms. The summed E-state index contributed by atoms with van der Waals surface area (Å²) in [7, 11) is 0. The highest BCUT2D eigenvalue weighted by atomic mass is 16.5. The average molecular weight is 292 g/mol. The van der Waals surface area contributed by atoms with Crippen molar-refractivity contribution in [1.29, 1.82) is 0 Å². The van der Waals surface area contributed by atoms with Gasteiger partial charge in [0.05, 0.1) is 24.2 Å². The summed E-state index contributed by atoms with van der Waals surface area (Å²) in [6.45, 7) is 11.4. The van der Waals surface area contributed by atoms with Crippen molar-refractivity contribution in [3.8, 4) is 0 Å². The summed E-state index contributed by atoms with van der Waals surface area (Å²) < 4.78 is 5.69. The predicted octanol–water partition coefficient (Wildman–Crippen LogP) is 1.85. The fourth-order valence-corrected chi connectivity index (χ4v) is 2.51. The molecule has 2 heterocycles. The van der Waals surface area contributed by atoms with Gasteiger partial charge in [0.1, 0.15) is 0 Å². The van der Waals surface area contributed by atoms with Crippen LogP contribution in [0.5, 0.6) is 0 Å². The minimum Gasteiger partial charge on any atom is -0.396 e. The molecule has 0 atom stereocenters. The highest BCUT2D eigenvalue weighted by Gasteiger charge is 2.18. The first-order valence-electron chi connectivity index (χ1n) is 7.91. The average Bonchev–Trinajstić information content (AvgIpc) is 2.48. The molecule has 0 amide bonds. The first-order valence-corrected chi connectivity index (χ1v) is 7.91. The predicted molar refractivity (Wildman–Crippen MR) is 87.6 cm³/mol. The van der Waals surface area contributed by atoms with Gasteiger partial charge < -0.3 is 15.4 Å². The molecule has 1 saturated heterocycles. The van der Waals surface area contributed by atoms with E-state index in [0.29, 0.717) is 0 Å². The molecule has 1 aromatic rings. The number of pyridine rings is 1. The molecule has 0 bridgehead atoms. The van der Waals surface area contributed by atoms with Gasteiger partial charge in [-0.2, -0.15) is 0 Å². The van der Waals surface area contributed by atoms with E-state index >= 15 is 0 Å². The van der Waals surface area contributed by atoms with Crippen LogP contribution in [0.25, 0.3) is 0 Å². The van der Waals surface area contributed by atoms with Gasteiger partial charge in [0.15, 0.2) is 0 Å². The third kappa shape index (κ3) is 5.17. The molecule has 0 unspecified atom stereocenters. The first-order chi connectivity index (χ1) is 10.2. The Morgan fingerprint density at radius 1 is 1.24 bits per heavy atom. The molecule has 118 valence electrons. The number of piperazine rings is 1. The lowest BCUT2D eigenvalue weighted by atomic mass is 10.1. The fourth-order valence-electron chi connectivity index (χ4n) is 2.51. The fraction of sp³-hybridized carbons (Fsp3) is 0.688. The second kappa shape index (κ2) is 8.20. The summed E-state index contributed by atoms with van der Waals surface area (Å²) >= 11 is 0. The Balaban J connectivity index is 1.66. The Morgan fingerprint density at radius 2 is 2.00 bits per heavy atom. The quantitative estimate of drug-likeness (QED) is 0.777. The zero-order valence-corrected chi connectivity index (χ0v) is 13.3. The molecule has 0 radical (unpaired) electrons. The molecule has 1 fully saturated rings. The van der Waals surface area contributed by atoms with Gasteiger partial charge in [0.25, 0.3) is 0 Å². The van der Waals surface area contributed by atoms with Crippen molar-refractivity contribution in [2.24, 2.45) is 5.92 Å². The van der Waals surface area contributed by atoms with Crippen molar-refractivity contribution in [3.05, 3.63) is 18.5 Å². The summed E-state index contributed by atoms with van der Waals surface area (Å²) in [5.41, 5.74) is 7.86. The molecule has 1 aliphatic rings. The number of rotatable bonds is 7. The zero-order valence-electron chi connectivity index (χ0n) is 13.3. The van der Waals surface area contributed by atoms with Gasteiger partial charge in [-0.15, -0.1) is 0 Å². The summed E-state index contributed by atoms with van der Waals surface area (Å²) in [4.78, 5) is 8.85. The van der Waals surface area contributed by atoms with E-state index in [0.717, 1.165) is 69.7 Å². The van der Waals surface area contributed by atoms with Gasteiger partial charge in [-0.05, 0) is 18.4 Å². The van der Waals surface area contributed by atoms with E-state index in [1.54, 1.807) is 12.4 Å². The molecule has 0 saturated carbocycles. The third-order valence-corrected chi connectivity index (χ3v) is 3.93. The lowest BCUT2D eigenvalue weighted by Crippen LogP contribution is -2.47. The van der Waals surface area contributed by atoms with Crippen molar-refractivity contribution < 1.29 is 4.74 Å². The van der Waals surface area contributed by atoms with E-state index in [-0.39, 0.29) is 0 Å². The van der Waals surface area contributed by atoms with Gasteiger partial charge in [0, 0.05) is 45.5 Å². The number of ether oxygens (including phenoxy) is 1. The van der Waals surface area contributed by atoms with E-state index in [1.807, 2.05) is 6.07 Å². The molecule has 2 rings (SSSR count).